The first-order chi connectivity index (χ1) is 4.68. The Balaban J connectivity index is 0. The van der Waals surface area contributed by atoms with Crippen molar-refractivity contribution in [1.29, 1.82) is 0 Å². The van der Waals surface area contributed by atoms with E-state index in [2.05, 4.69) is 0 Å². The summed E-state index contributed by atoms with van der Waals surface area (Å²) in [6.07, 6.45) is 2.16. The zero-order chi connectivity index (χ0) is 7.98. The number of carboxylic acids is 1. The van der Waals surface area contributed by atoms with Crippen LogP contribution in [0, 0.1) is 0 Å². The quantitative estimate of drug-likeness (QED) is 0.502. The summed E-state index contributed by atoms with van der Waals surface area (Å²) in [4.78, 5) is 10.1. The van der Waals surface area contributed by atoms with Crippen LogP contribution in [0.3, 0.4) is 0 Å². The first kappa shape index (κ1) is 13.0. The van der Waals surface area contributed by atoms with E-state index in [1.54, 1.807) is 0 Å². The van der Waals surface area contributed by atoms with Crippen LogP contribution in [0.1, 0.15) is 26.7 Å². The Hall–Kier alpha value is -0.610. The van der Waals surface area contributed by atoms with E-state index in [1.165, 1.54) is 0 Å². The minimum atomic E-state index is -0.933. The van der Waals surface area contributed by atoms with Crippen molar-refractivity contribution in [2.75, 3.05) is 6.54 Å². The minimum absolute atomic E-state index is 0. The predicted molar refractivity (Wildman–Crippen MR) is 45.2 cm³/mol. The molecule has 0 amide bonds. The van der Waals surface area contributed by atoms with Crippen LogP contribution in [0.2, 0.25) is 0 Å². The summed E-state index contributed by atoms with van der Waals surface area (Å²) in [5.74, 6) is -0.933. The molecular formula is C7H18N2O2. The SMILES string of the molecule is C.NCCCC[C@H](N)C(=O)O. The van der Waals surface area contributed by atoms with Crippen molar-refractivity contribution < 1.29 is 9.90 Å². The highest BCUT2D eigenvalue weighted by molar-refractivity contribution is 5.72. The zero-order valence-corrected chi connectivity index (χ0v) is 5.92. The average Bonchev–Trinajstić information content (AvgIpc) is 1.88. The Morgan fingerprint density at radius 3 is 2.36 bits per heavy atom. The van der Waals surface area contributed by atoms with Gasteiger partial charge in [-0.2, -0.15) is 0 Å². The van der Waals surface area contributed by atoms with Crippen LogP contribution in [0.5, 0.6) is 0 Å². The van der Waals surface area contributed by atoms with Crippen LogP contribution < -0.4 is 11.5 Å². The van der Waals surface area contributed by atoms with E-state index in [4.69, 9.17) is 16.6 Å². The van der Waals surface area contributed by atoms with Gasteiger partial charge in [0.15, 0.2) is 0 Å². The van der Waals surface area contributed by atoms with Crippen molar-refractivity contribution in [1.82, 2.24) is 0 Å². The van der Waals surface area contributed by atoms with Gasteiger partial charge >= 0.3 is 5.97 Å². The monoisotopic (exact) mass is 162 g/mol. The fourth-order valence-corrected chi connectivity index (χ4v) is 0.632. The molecule has 0 aliphatic heterocycles. The summed E-state index contributed by atoms with van der Waals surface area (Å²) in [6.45, 7) is 0.604. The molecule has 4 heteroatoms. The van der Waals surface area contributed by atoms with Crippen molar-refractivity contribution in [3.8, 4) is 0 Å². The van der Waals surface area contributed by atoms with Crippen LogP contribution in [0.15, 0.2) is 0 Å². The molecule has 11 heavy (non-hydrogen) atoms. The lowest BCUT2D eigenvalue weighted by molar-refractivity contribution is -0.138. The Kier molecular flexibility index (Phi) is 8.87. The highest BCUT2D eigenvalue weighted by Crippen LogP contribution is 1.96. The number of nitrogens with two attached hydrogens (primary N) is 2. The normalized spacial score (nSPS) is 11.8. The molecule has 0 aromatic rings. The summed E-state index contributed by atoms with van der Waals surface area (Å²) in [7, 11) is 0. The third kappa shape index (κ3) is 7.29. The smallest absolute Gasteiger partial charge is 0.320 e. The predicted octanol–water partition coefficient (Wildman–Crippen LogP) is 0.163. The van der Waals surface area contributed by atoms with Gasteiger partial charge in [-0.25, -0.2) is 0 Å². The fourth-order valence-electron chi connectivity index (χ4n) is 0.632. The minimum Gasteiger partial charge on any atom is -0.480 e. The van der Waals surface area contributed by atoms with Gasteiger partial charge in [0.25, 0.3) is 0 Å². The number of aliphatic carboxylic acids is 1. The summed E-state index contributed by atoms with van der Waals surface area (Å²) in [6, 6.07) is -0.716. The first-order valence-electron chi connectivity index (χ1n) is 3.37. The molecule has 0 aliphatic carbocycles. The molecule has 0 spiro atoms. The molecule has 0 bridgehead atoms. The van der Waals surface area contributed by atoms with E-state index in [0.29, 0.717) is 13.0 Å². The average molecular weight is 162 g/mol. The second kappa shape index (κ2) is 7.50. The number of hydrogen-bond donors (Lipinski definition) is 3. The summed E-state index contributed by atoms with van der Waals surface area (Å²) in [5, 5.41) is 8.33. The molecule has 0 aliphatic rings. The van der Waals surface area contributed by atoms with E-state index < -0.39 is 12.0 Å². The maximum atomic E-state index is 10.1. The number of unbranched alkanes of at least 4 members (excludes halogenated alkanes) is 1. The number of rotatable bonds is 5. The molecule has 0 heterocycles. The molecular weight excluding hydrogens is 144 g/mol. The summed E-state index contributed by atoms with van der Waals surface area (Å²) >= 11 is 0. The molecule has 0 aromatic heterocycles. The molecule has 4 nitrogen and oxygen atoms in total. The highest BCUT2D eigenvalue weighted by atomic mass is 16.4. The molecule has 0 aromatic carbocycles. The lowest BCUT2D eigenvalue weighted by atomic mass is 10.1. The number of carbonyl (C=O) groups is 1. The van der Waals surface area contributed by atoms with Gasteiger partial charge in [0.05, 0.1) is 0 Å². The lowest BCUT2D eigenvalue weighted by Gasteiger charge is -2.03. The topological polar surface area (TPSA) is 89.3 Å². The largest absolute Gasteiger partial charge is 0.480 e. The van der Waals surface area contributed by atoms with Gasteiger partial charge in [0.2, 0.25) is 0 Å². The second-order valence-corrected chi connectivity index (χ2v) is 2.23. The van der Waals surface area contributed by atoms with Gasteiger partial charge < -0.3 is 16.6 Å². The summed E-state index contributed by atoms with van der Waals surface area (Å²) < 4.78 is 0. The third-order valence-corrected chi connectivity index (χ3v) is 1.29. The number of carboxylic acid groups (broad SMARTS) is 1. The molecule has 0 rings (SSSR count). The Labute approximate surface area is 67.6 Å². The second-order valence-electron chi connectivity index (χ2n) is 2.23. The van der Waals surface area contributed by atoms with E-state index in [-0.39, 0.29) is 7.43 Å². The van der Waals surface area contributed by atoms with Crippen LogP contribution >= 0.6 is 0 Å². The number of hydrogen-bond acceptors (Lipinski definition) is 3. The lowest BCUT2D eigenvalue weighted by Crippen LogP contribution is -2.29. The molecule has 68 valence electrons. The maximum absolute atomic E-state index is 10.1. The molecule has 1 atom stereocenters. The zero-order valence-electron chi connectivity index (χ0n) is 5.92. The first-order valence-corrected chi connectivity index (χ1v) is 3.37. The van der Waals surface area contributed by atoms with Gasteiger partial charge in [-0.1, -0.05) is 13.8 Å². The van der Waals surface area contributed by atoms with E-state index in [9.17, 15) is 4.79 Å². The van der Waals surface area contributed by atoms with Crippen molar-refractivity contribution in [3.63, 3.8) is 0 Å². The van der Waals surface area contributed by atoms with Gasteiger partial charge in [0.1, 0.15) is 6.04 Å². The van der Waals surface area contributed by atoms with Crippen LogP contribution in [-0.2, 0) is 4.79 Å². The molecule has 0 radical (unpaired) electrons. The Morgan fingerprint density at radius 1 is 1.45 bits per heavy atom. The van der Waals surface area contributed by atoms with Crippen LogP contribution in [0.25, 0.3) is 0 Å². The fraction of sp³-hybridized carbons (Fsp3) is 0.857. The van der Waals surface area contributed by atoms with Gasteiger partial charge in [-0.05, 0) is 19.4 Å². The van der Waals surface area contributed by atoms with Gasteiger partial charge in [-0.3, -0.25) is 4.79 Å². The van der Waals surface area contributed by atoms with Gasteiger partial charge in [-0.15, -0.1) is 0 Å². The van der Waals surface area contributed by atoms with Gasteiger partial charge in [0, 0.05) is 0 Å². The van der Waals surface area contributed by atoms with Crippen molar-refractivity contribution >= 4 is 5.97 Å². The van der Waals surface area contributed by atoms with E-state index in [0.717, 1.165) is 12.8 Å². The van der Waals surface area contributed by atoms with E-state index >= 15 is 0 Å². The molecule has 0 saturated heterocycles. The van der Waals surface area contributed by atoms with Crippen molar-refractivity contribution in [3.05, 3.63) is 0 Å². The van der Waals surface area contributed by atoms with Crippen molar-refractivity contribution in [2.45, 2.75) is 32.7 Å². The van der Waals surface area contributed by atoms with E-state index in [1.807, 2.05) is 0 Å². The standard InChI is InChI=1S/C6H14N2O2.CH4/c7-4-2-1-3-5(8)6(9)10;/h5H,1-4,7-8H2,(H,9,10);1H4/t5-;/m0./s1. The Morgan fingerprint density at radius 2 is 2.00 bits per heavy atom. The highest BCUT2D eigenvalue weighted by Gasteiger charge is 2.09. The maximum Gasteiger partial charge on any atom is 0.320 e. The van der Waals surface area contributed by atoms with Crippen LogP contribution in [-0.4, -0.2) is 23.7 Å². The molecule has 0 fully saturated rings. The molecule has 5 N–H and O–H groups in total. The Bertz CT molecular complexity index is 107. The molecule has 0 saturated carbocycles. The van der Waals surface area contributed by atoms with Crippen LogP contribution in [0.4, 0.5) is 0 Å². The summed E-state index contributed by atoms with van der Waals surface area (Å²) in [5.41, 5.74) is 10.4. The van der Waals surface area contributed by atoms with Crippen molar-refractivity contribution in [2.24, 2.45) is 11.5 Å². The molecule has 0 unspecified atom stereocenters. The third-order valence-electron chi connectivity index (χ3n) is 1.29.